The predicted octanol–water partition coefficient (Wildman–Crippen LogP) is 4.72. The minimum atomic E-state index is -2.03. The van der Waals surface area contributed by atoms with Crippen molar-refractivity contribution in [3.63, 3.8) is 0 Å². The normalized spacial score (nSPS) is 12.3. The van der Waals surface area contributed by atoms with Gasteiger partial charge in [0.15, 0.2) is 0 Å². The number of hydrogen-bond donors (Lipinski definition) is 0. The molecule has 6 nitrogen and oxygen atoms in total. The number of unbranched alkanes of at least 4 members (excludes halogenated alkanes) is 5. The van der Waals surface area contributed by atoms with E-state index in [-0.39, 0.29) is 0 Å². The van der Waals surface area contributed by atoms with Crippen molar-refractivity contribution in [2.45, 2.75) is 91.5 Å². The Labute approximate surface area is 161 Å². The monoisotopic (exact) mass is 392 g/mol. The summed E-state index contributed by atoms with van der Waals surface area (Å²) in [5.74, 6) is -4.16. The molecule has 0 amide bonds. The standard InChI is InChI=1S/C19H33ClO6/c1-5-6-7-8-9-10-12-18(13-11-14-20)19(24-15(2)21,25-16(3)22)26-17(4)23/h18H,5-14H2,1-4H3/t18-/m1/s1. The highest BCUT2D eigenvalue weighted by Crippen LogP contribution is 2.34. The Hall–Kier alpha value is -1.30. The van der Waals surface area contributed by atoms with E-state index in [1.807, 2.05) is 0 Å². The Morgan fingerprint density at radius 3 is 1.62 bits per heavy atom. The number of carbonyl (C=O) groups excluding carboxylic acids is 3. The summed E-state index contributed by atoms with van der Waals surface area (Å²) in [5.41, 5.74) is 0. The van der Waals surface area contributed by atoms with Gasteiger partial charge in [0.05, 0.1) is 5.92 Å². The van der Waals surface area contributed by atoms with Crippen LogP contribution < -0.4 is 0 Å². The maximum Gasteiger partial charge on any atom is 0.426 e. The molecule has 0 aromatic carbocycles. The molecule has 152 valence electrons. The average molecular weight is 393 g/mol. The van der Waals surface area contributed by atoms with Crippen molar-refractivity contribution in [1.82, 2.24) is 0 Å². The van der Waals surface area contributed by atoms with Crippen LogP contribution in [-0.4, -0.2) is 29.8 Å². The summed E-state index contributed by atoms with van der Waals surface area (Å²) >= 11 is 5.81. The number of rotatable bonds is 14. The Morgan fingerprint density at radius 1 is 0.769 bits per heavy atom. The fraction of sp³-hybridized carbons (Fsp3) is 0.842. The second-order valence-corrected chi connectivity index (χ2v) is 6.85. The second-order valence-electron chi connectivity index (χ2n) is 6.47. The third-order valence-electron chi connectivity index (χ3n) is 3.95. The summed E-state index contributed by atoms with van der Waals surface area (Å²) in [6.07, 6.45) is 8.23. The minimum absolute atomic E-state index is 0.406. The molecule has 26 heavy (non-hydrogen) atoms. The van der Waals surface area contributed by atoms with Gasteiger partial charge in [-0.15, -0.1) is 11.6 Å². The van der Waals surface area contributed by atoms with Crippen LogP contribution in [0, 0.1) is 5.92 Å². The largest absolute Gasteiger partial charge is 0.426 e. The smallest absolute Gasteiger partial charge is 0.388 e. The molecule has 0 saturated heterocycles. The first kappa shape index (κ1) is 24.7. The van der Waals surface area contributed by atoms with Gasteiger partial charge in [0, 0.05) is 26.7 Å². The van der Waals surface area contributed by atoms with Crippen LogP contribution in [0.4, 0.5) is 0 Å². The second kappa shape index (κ2) is 13.8. The molecule has 0 aromatic rings. The third kappa shape index (κ3) is 10.6. The van der Waals surface area contributed by atoms with Gasteiger partial charge in [0.25, 0.3) is 0 Å². The van der Waals surface area contributed by atoms with Crippen molar-refractivity contribution in [3.05, 3.63) is 0 Å². The van der Waals surface area contributed by atoms with Crippen molar-refractivity contribution in [1.29, 1.82) is 0 Å². The Bertz CT molecular complexity index is 397. The zero-order valence-electron chi connectivity index (χ0n) is 16.5. The summed E-state index contributed by atoms with van der Waals surface area (Å²) in [6.45, 7) is 5.72. The van der Waals surface area contributed by atoms with Crippen molar-refractivity contribution in [3.8, 4) is 0 Å². The molecule has 0 rings (SSSR count). The Morgan fingerprint density at radius 2 is 1.19 bits per heavy atom. The summed E-state index contributed by atoms with van der Waals surface area (Å²) in [5, 5.41) is 0. The van der Waals surface area contributed by atoms with E-state index in [1.54, 1.807) is 0 Å². The number of hydrogen-bond acceptors (Lipinski definition) is 6. The average Bonchev–Trinajstić information content (AvgIpc) is 2.51. The van der Waals surface area contributed by atoms with Crippen LogP contribution in [0.5, 0.6) is 0 Å². The number of halogens is 1. The van der Waals surface area contributed by atoms with Crippen molar-refractivity contribution in [2.24, 2.45) is 5.92 Å². The Kier molecular flexibility index (Phi) is 13.2. The molecule has 0 bridgehead atoms. The quantitative estimate of drug-likeness (QED) is 0.184. The summed E-state index contributed by atoms with van der Waals surface area (Å²) in [7, 11) is 0. The first-order valence-corrected chi connectivity index (χ1v) is 9.95. The predicted molar refractivity (Wildman–Crippen MR) is 99.5 cm³/mol. The van der Waals surface area contributed by atoms with E-state index >= 15 is 0 Å². The molecule has 0 heterocycles. The molecule has 0 aliphatic rings. The first-order valence-electron chi connectivity index (χ1n) is 9.42. The molecule has 0 radical (unpaired) electrons. The highest BCUT2D eigenvalue weighted by Gasteiger charge is 2.49. The number of alkyl halides is 1. The SMILES string of the molecule is CCCCCCCC[C@H](CCCCl)C(OC(C)=O)(OC(C)=O)OC(C)=O. The van der Waals surface area contributed by atoms with Crippen LogP contribution in [0.25, 0.3) is 0 Å². The van der Waals surface area contributed by atoms with Gasteiger partial charge < -0.3 is 14.2 Å². The molecule has 0 spiro atoms. The van der Waals surface area contributed by atoms with Gasteiger partial charge in [-0.1, -0.05) is 45.4 Å². The fourth-order valence-corrected chi connectivity index (χ4v) is 3.06. The van der Waals surface area contributed by atoms with Crippen molar-refractivity contribution in [2.75, 3.05) is 5.88 Å². The summed E-state index contributed by atoms with van der Waals surface area (Å²) < 4.78 is 15.7. The van der Waals surface area contributed by atoms with Crippen LogP contribution in [0.15, 0.2) is 0 Å². The highest BCUT2D eigenvalue weighted by atomic mass is 35.5. The van der Waals surface area contributed by atoms with E-state index < -0.39 is 29.8 Å². The lowest BCUT2D eigenvalue weighted by atomic mass is 9.93. The van der Waals surface area contributed by atoms with Gasteiger partial charge in [-0.3, -0.25) is 14.4 Å². The first-order chi connectivity index (χ1) is 12.3. The van der Waals surface area contributed by atoms with Gasteiger partial charge in [-0.2, -0.15) is 0 Å². The van der Waals surface area contributed by atoms with Gasteiger partial charge in [-0.25, -0.2) is 0 Å². The zero-order valence-corrected chi connectivity index (χ0v) is 17.2. The molecule has 0 saturated carbocycles. The molecule has 0 aromatic heterocycles. The van der Waals surface area contributed by atoms with Crippen molar-refractivity contribution < 1.29 is 28.6 Å². The number of carbonyl (C=O) groups is 3. The van der Waals surface area contributed by atoms with Gasteiger partial charge in [-0.05, 0) is 19.3 Å². The van der Waals surface area contributed by atoms with Crippen LogP contribution in [0.1, 0.15) is 85.5 Å². The molecule has 0 unspecified atom stereocenters. The fourth-order valence-electron chi connectivity index (χ4n) is 2.91. The van der Waals surface area contributed by atoms with Crippen LogP contribution in [-0.2, 0) is 28.6 Å². The van der Waals surface area contributed by atoms with Gasteiger partial charge >= 0.3 is 23.9 Å². The van der Waals surface area contributed by atoms with E-state index in [4.69, 9.17) is 25.8 Å². The van der Waals surface area contributed by atoms with E-state index in [1.165, 1.54) is 40.0 Å². The van der Waals surface area contributed by atoms with Gasteiger partial charge in [0.1, 0.15) is 0 Å². The van der Waals surface area contributed by atoms with Crippen LogP contribution in [0.2, 0.25) is 0 Å². The van der Waals surface area contributed by atoms with E-state index in [0.717, 1.165) is 19.3 Å². The van der Waals surface area contributed by atoms with Crippen molar-refractivity contribution >= 4 is 29.5 Å². The van der Waals surface area contributed by atoms with Crippen LogP contribution >= 0.6 is 11.6 Å². The molecule has 0 fully saturated rings. The summed E-state index contributed by atoms with van der Waals surface area (Å²) in [4.78, 5) is 34.9. The van der Waals surface area contributed by atoms with Crippen LogP contribution in [0.3, 0.4) is 0 Å². The van der Waals surface area contributed by atoms with E-state index in [2.05, 4.69) is 6.92 Å². The van der Waals surface area contributed by atoms with E-state index in [0.29, 0.717) is 25.1 Å². The van der Waals surface area contributed by atoms with E-state index in [9.17, 15) is 14.4 Å². The Balaban J connectivity index is 5.28. The third-order valence-corrected chi connectivity index (χ3v) is 4.22. The lowest BCUT2D eigenvalue weighted by molar-refractivity contribution is -0.353. The van der Waals surface area contributed by atoms with Gasteiger partial charge in [0.2, 0.25) is 0 Å². The number of esters is 3. The topological polar surface area (TPSA) is 78.9 Å². The molecule has 0 aliphatic heterocycles. The number of ether oxygens (including phenoxy) is 3. The highest BCUT2D eigenvalue weighted by molar-refractivity contribution is 6.17. The summed E-state index contributed by atoms with van der Waals surface area (Å²) in [6, 6.07) is 0. The lowest BCUT2D eigenvalue weighted by Crippen LogP contribution is -2.49. The maximum absolute atomic E-state index is 11.6. The molecular weight excluding hydrogens is 360 g/mol. The molecule has 0 N–H and O–H groups in total. The lowest BCUT2D eigenvalue weighted by Gasteiger charge is -2.36. The molecule has 0 aliphatic carbocycles. The molecule has 7 heteroatoms. The molecule has 1 atom stereocenters. The zero-order chi connectivity index (χ0) is 20.0. The minimum Gasteiger partial charge on any atom is -0.388 e. The maximum atomic E-state index is 11.6. The molecular formula is C19H33ClO6.